The molecule has 0 aliphatic carbocycles. The molecule has 0 aliphatic heterocycles. The van der Waals surface area contributed by atoms with Crippen LogP contribution in [0.3, 0.4) is 0 Å². The van der Waals surface area contributed by atoms with Crippen LogP contribution in [0.1, 0.15) is 17.3 Å². The third-order valence-electron chi connectivity index (χ3n) is 3.74. The third-order valence-corrected chi connectivity index (χ3v) is 3.74. The van der Waals surface area contributed by atoms with E-state index in [4.69, 9.17) is 8.94 Å². The van der Waals surface area contributed by atoms with Crippen LogP contribution in [0.15, 0.2) is 51.4 Å². The van der Waals surface area contributed by atoms with E-state index in [1.54, 1.807) is 31.2 Å². The van der Waals surface area contributed by atoms with Crippen LogP contribution >= 0.6 is 0 Å². The van der Waals surface area contributed by atoms with Crippen molar-refractivity contribution in [2.45, 2.75) is 13.3 Å². The molecule has 0 N–H and O–H groups in total. The molecular formula is C18H12F2N4O2. The summed E-state index contributed by atoms with van der Waals surface area (Å²) in [4.78, 5) is 4.19. The average Bonchev–Trinajstić information content (AvgIpc) is 3.28. The third kappa shape index (κ3) is 3.21. The smallest absolute Gasteiger partial charge is 0.247 e. The van der Waals surface area contributed by atoms with E-state index < -0.39 is 0 Å². The lowest BCUT2D eigenvalue weighted by atomic mass is 10.1. The highest BCUT2D eigenvalue weighted by molar-refractivity contribution is 5.54. The van der Waals surface area contributed by atoms with Gasteiger partial charge in [-0.3, -0.25) is 0 Å². The maximum atomic E-state index is 13.7. The van der Waals surface area contributed by atoms with E-state index in [1.807, 2.05) is 0 Å². The van der Waals surface area contributed by atoms with Gasteiger partial charge in [-0.25, -0.2) is 8.78 Å². The second-order valence-corrected chi connectivity index (χ2v) is 5.66. The van der Waals surface area contributed by atoms with Gasteiger partial charge in [-0.15, -0.1) is 10.2 Å². The lowest BCUT2D eigenvalue weighted by molar-refractivity contribution is 0.374. The van der Waals surface area contributed by atoms with E-state index in [2.05, 4.69) is 20.3 Å². The van der Waals surface area contributed by atoms with Crippen molar-refractivity contribution >= 4 is 0 Å². The number of aromatic nitrogens is 4. The first kappa shape index (κ1) is 16.1. The first-order chi connectivity index (χ1) is 12.6. The molecule has 0 unspecified atom stereocenters. The second-order valence-electron chi connectivity index (χ2n) is 5.66. The Morgan fingerprint density at radius 2 is 1.85 bits per heavy atom. The topological polar surface area (TPSA) is 77.8 Å². The molecule has 8 heteroatoms. The second kappa shape index (κ2) is 6.47. The van der Waals surface area contributed by atoms with Crippen molar-refractivity contribution in [3.8, 4) is 22.8 Å². The molecule has 2 aromatic carbocycles. The summed E-state index contributed by atoms with van der Waals surface area (Å²) in [7, 11) is 0. The van der Waals surface area contributed by atoms with Crippen LogP contribution < -0.4 is 0 Å². The predicted octanol–water partition coefficient (Wildman–Crippen LogP) is 3.96. The lowest BCUT2D eigenvalue weighted by Gasteiger charge is -1.97. The van der Waals surface area contributed by atoms with Crippen LogP contribution in [0, 0.1) is 18.6 Å². The molecule has 0 aliphatic rings. The molecule has 0 bridgehead atoms. The minimum Gasteiger partial charge on any atom is -0.420 e. The van der Waals surface area contributed by atoms with E-state index >= 15 is 0 Å². The van der Waals surface area contributed by atoms with E-state index in [1.165, 1.54) is 18.2 Å². The number of hydrogen-bond acceptors (Lipinski definition) is 6. The summed E-state index contributed by atoms with van der Waals surface area (Å²) in [6.07, 6.45) is 0.115. The summed E-state index contributed by atoms with van der Waals surface area (Å²) >= 11 is 0. The Hall–Kier alpha value is -3.42. The van der Waals surface area contributed by atoms with Gasteiger partial charge in [0.05, 0.1) is 0 Å². The molecule has 130 valence electrons. The van der Waals surface area contributed by atoms with Gasteiger partial charge in [-0.05, 0) is 36.8 Å². The minimum absolute atomic E-state index is 0.115. The summed E-state index contributed by atoms with van der Waals surface area (Å²) in [5, 5.41) is 11.6. The maximum absolute atomic E-state index is 13.7. The molecule has 0 fully saturated rings. The van der Waals surface area contributed by atoms with E-state index in [0.29, 0.717) is 16.7 Å². The zero-order valence-electron chi connectivity index (χ0n) is 13.6. The SMILES string of the molecule is Cc1ccc(-c2nnc(Cc3nc(-c4cccc(F)c4)no3)o2)cc1F. The van der Waals surface area contributed by atoms with Crippen molar-refractivity contribution in [2.75, 3.05) is 0 Å². The van der Waals surface area contributed by atoms with Crippen molar-refractivity contribution < 1.29 is 17.7 Å². The zero-order valence-corrected chi connectivity index (χ0v) is 13.6. The van der Waals surface area contributed by atoms with Crippen molar-refractivity contribution in [3.05, 3.63) is 71.4 Å². The van der Waals surface area contributed by atoms with Crippen molar-refractivity contribution in [3.63, 3.8) is 0 Å². The number of hydrogen-bond donors (Lipinski definition) is 0. The normalized spacial score (nSPS) is 11.0. The van der Waals surface area contributed by atoms with Crippen molar-refractivity contribution in [2.24, 2.45) is 0 Å². The van der Waals surface area contributed by atoms with Crippen LogP contribution in [-0.4, -0.2) is 20.3 Å². The van der Waals surface area contributed by atoms with Crippen LogP contribution in [0.2, 0.25) is 0 Å². The number of rotatable bonds is 4. The van der Waals surface area contributed by atoms with Crippen LogP contribution in [-0.2, 0) is 6.42 Å². The highest BCUT2D eigenvalue weighted by Crippen LogP contribution is 2.22. The monoisotopic (exact) mass is 354 g/mol. The first-order valence-electron chi connectivity index (χ1n) is 7.76. The van der Waals surface area contributed by atoms with Gasteiger partial charge >= 0.3 is 0 Å². The fourth-order valence-corrected chi connectivity index (χ4v) is 2.37. The molecule has 0 saturated heterocycles. The molecular weight excluding hydrogens is 342 g/mol. The summed E-state index contributed by atoms with van der Waals surface area (Å²) < 4.78 is 37.6. The van der Waals surface area contributed by atoms with Gasteiger partial charge in [0, 0.05) is 11.1 Å². The van der Waals surface area contributed by atoms with Crippen LogP contribution in [0.5, 0.6) is 0 Å². The molecule has 0 atom stereocenters. The fraction of sp³-hybridized carbons (Fsp3) is 0.111. The van der Waals surface area contributed by atoms with Gasteiger partial charge in [0.15, 0.2) is 0 Å². The van der Waals surface area contributed by atoms with Gasteiger partial charge in [0.2, 0.25) is 23.5 Å². The Bertz CT molecular complexity index is 1070. The molecule has 26 heavy (non-hydrogen) atoms. The molecule has 0 spiro atoms. The Kier molecular flexibility index (Phi) is 4.00. The van der Waals surface area contributed by atoms with Gasteiger partial charge in [0.25, 0.3) is 0 Å². The van der Waals surface area contributed by atoms with Crippen LogP contribution in [0.25, 0.3) is 22.8 Å². The van der Waals surface area contributed by atoms with E-state index in [-0.39, 0.29) is 41.6 Å². The maximum Gasteiger partial charge on any atom is 0.247 e. The van der Waals surface area contributed by atoms with Crippen molar-refractivity contribution in [1.29, 1.82) is 0 Å². The molecule has 2 aromatic heterocycles. The number of aryl methyl sites for hydroxylation is 1. The standard InChI is InChI=1S/C18H12F2N4O2/c1-10-5-6-12(8-14(10)20)18-23-22-16(25-18)9-15-21-17(24-26-15)11-3-2-4-13(19)7-11/h2-8H,9H2,1H3. The quantitative estimate of drug-likeness (QED) is 0.552. The molecule has 6 nitrogen and oxygen atoms in total. The van der Waals surface area contributed by atoms with Crippen LogP contribution in [0.4, 0.5) is 8.78 Å². The summed E-state index contributed by atoms with van der Waals surface area (Å²) in [5.41, 5.74) is 1.52. The summed E-state index contributed by atoms with van der Waals surface area (Å²) in [5.74, 6) is 0.216. The lowest BCUT2D eigenvalue weighted by Crippen LogP contribution is -1.89. The van der Waals surface area contributed by atoms with Gasteiger partial charge in [0.1, 0.15) is 18.1 Å². The highest BCUT2D eigenvalue weighted by atomic mass is 19.1. The van der Waals surface area contributed by atoms with Crippen molar-refractivity contribution in [1.82, 2.24) is 20.3 Å². The fourth-order valence-electron chi connectivity index (χ4n) is 2.37. The summed E-state index contributed by atoms with van der Waals surface area (Å²) in [6, 6.07) is 10.5. The Morgan fingerprint density at radius 1 is 0.962 bits per heavy atom. The molecule has 4 rings (SSSR count). The Balaban J connectivity index is 1.53. The molecule has 2 heterocycles. The molecule has 0 radical (unpaired) electrons. The molecule has 4 aromatic rings. The largest absolute Gasteiger partial charge is 0.420 e. The van der Waals surface area contributed by atoms with Gasteiger partial charge < -0.3 is 8.94 Å². The number of halogens is 2. The number of nitrogens with zero attached hydrogens (tertiary/aromatic N) is 4. The molecule has 0 saturated carbocycles. The minimum atomic E-state index is -0.388. The summed E-state index contributed by atoms with van der Waals surface area (Å²) in [6.45, 7) is 1.67. The van der Waals surface area contributed by atoms with E-state index in [0.717, 1.165) is 0 Å². The zero-order chi connectivity index (χ0) is 18.1. The average molecular weight is 354 g/mol. The Labute approximate surface area is 146 Å². The first-order valence-corrected chi connectivity index (χ1v) is 7.76. The predicted molar refractivity (Wildman–Crippen MR) is 86.9 cm³/mol. The number of benzene rings is 2. The highest BCUT2D eigenvalue weighted by Gasteiger charge is 2.15. The van der Waals surface area contributed by atoms with Gasteiger partial charge in [-0.1, -0.05) is 23.4 Å². The van der Waals surface area contributed by atoms with Gasteiger partial charge in [-0.2, -0.15) is 4.98 Å². The molecule has 0 amide bonds. The Morgan fingerprint density at radius 3 is 2.65 bits per heavy atom. The van der Waals surface area contributed by atoms with E-state index in [9.17, 15) is 8.78 Å².